The fourth-order valence-corrected chi connectivity index (χ4v) is 2.43. The van der Waals surface area contributed by atoms with Crippen LogP contribution in [0.25, 0.3) is 10.8 Å². The number of aryl methyl sites for hydroxylation is 1. The molecule has 25 heavy (non-hydrogen) atoms. The molecule has 5 nitrogen and oxygen atoms in total. The third kappa shape index (κ3) is 4.14. The highest BCUT2D eigenvalue weighted by Crippen LogP contribution is 2.16. The summed E-state index contributed by atoms with van der Waals surface area (Å²) in [4.78, 5) is 24.0. The lowest BCUT2D eigenvalue weighted by molar-refractivity contribution is -0.123. The molecule has 2 N–H and O–H groups in total. The molecule has 0 bridgehead atoms. The summed E-state index contributed by atoms with van der Waals surface area (Å²) in [7, 11) is 0. The van der Waals surface area contributed by atoms with E-state index in [1.54, 1.807) is 18.2 Å². The number of rotatable bonds is 4. The van der Waals surface area contributed by atoms with Crippen LogP contribution in [0.2, 0.25) is 0 Å². The molecule has 0 heterocycles. The van der Waals surface area contributed by atoms with Crippen molar-refractivity contribution in [3.05, 3.63) is 77.9 Å². The summed E-state index contributed by atoms with van der Waals surface area (Å²) in [6, 6.07) is 20.5. The molecule has 3 aromatic rings. The Balaban J connectivity index is 1.54. The minimum atomic E-state index is -0.433. The Bertz CT molecular complexity index is 921. The minimum Gasteiger partial charge on any atom is -0.483 e. The van der Waals surface area contributed by atoms with E-state index in [1.165, 1.54) is 0 Å². The highest BCUT2D eigenvalue weighted by atomic mass is 16.5. The third-order valence-corrected chi connectivity index (χ3v) is 3.78. The average molecular weight is 334 g/mol. The molecule has 0 aliphatic carbocycles. The van der Waals surface area contributed by atoms with Gasteiger partial charge in [0.1, 0.15) is 5.75 Å². The van der Waals surface area contributed by atoms with Gasteiger partial charge in [0.15, 0.2) is 6.61 Å². The first-order chi connectivity index (χ1) is 12.1. The number of benzene rings is 3. The standard InChI is InChI=1S/C20H18N2O3/c1-14-6-2-5-9-18(14)25-13-19(23)21-22-20(24)17-11-10-15-7-3-4-8-16(15)12-17/h2-12H,13H2,1H3,(H,21,23)(H,22,24). The smallest absolute Gasteiger partial charge is 0.276 e. The van der Waals surface area contributed by atoms with Crippen LogP contribution >= 0.6 is 0 Å². The zero-order valence-corrected chi connectivity index (χ0v) is 13.8. The van der Waals surface area contributed by atoms with E-state index in [4.69, 9.17) is 4.74 Å². The number of ether oxygens (including phenoxy) is 1. The number of carbonyl (C=O) groups is 2. The van der Waals surface area contributed by atoms with Gasteiger partial charge >= 0.3 is 0 Å². The maximum atomic E-state index is 12.2. The molecular formula is C20H18N2O3. The van der Waals surface area contributed by atoms with E-state index in [2.05, 4.69) is 10.9 Å². The Morgan fingerprint density at radius 2 is 1.60 bits per heavy atom. The summed E-state index contributed by atoms with van der Waals surface area (Å²) in [5.41, 5.74) is 6.16. The number of hydrogen-bond donors (Lipinski definition) is 2. The lowest BCUT2D eigenvalue weighted by atomic mass is 10.1. The second-order valence-electron chi connectivity index (χ2n) is 5.62. The van der Waals surface area contributed by atoms with Crippen molar-refractivity contribution < 1.29 is 14.3 Å². The quantitative estimate of drug-likeness (QED) is 0.721. The van der Waals surface area contributed by atoms with Crippen LogP contribution in [-0.4, -0.2) is 18.4 Å². The summed E-state index contributed by atoms with van der Waals surface area (Å²) in [6.45, 7) is 1.72. The van der Waals surface area contributed by atoms with E-state index >= 15 is 0 Å². The number of carbonyl (C=O) groups excluding carboxylic acids is 2. The maximum Gasteiger partial charge on any atom is 0.276 e. The van der Waals surface area contributed by atoms with Crippen LogP contribution in [0.1, 0.15) is 15.9 Å². The molecule has 0 aliphatic heterocycles. The van der Waals surface area contributed by atoms with Crippen molar-refractivity contribution in [2.24, 2.45) is 0 Å². The second-order valence-corrected chi connectivity index (χ2v) is 5.62. The monoisotopic (exact) mass is 334 g/mol. The average Bonchev–Trinajstić information content (AvgIpc) is 2.65. The molecule has 126 valence electrons. The fraction of sp³-hybridized carbons (Fsp3) is 0.100. The zero-order chi connectivity index (χ0) is 17.6. The number of hydrogen-bond acceptors (Lipinski definition) is 3. The first-order valence-corrected chi connectivity index (χ1v) is 7.90. The first kappa shape index (κ1) is 16.5. The number of amides is 2. The number of fused-ring (bicyclic) bond motifs is 1. The second kappa shape index (κ2) is 7.49. The molecule has 0 unspecified atom stereocenters. The Morgan fingerprint density at radius 3 is 2.40 bits per heavy atom. The zero-order valence-electron chi connectivity index (χ0n) is 13.8. The van der Waals surface area contributed by atoms with Gasteiger partial charge in [0.05, 0.1) is 0 Å². The predicted molar refractivity (Wildman–Crippen MR) is 96.2 cm³/mol. The van der Waals surface area contributed by atoms with E-state index in [0.717, 1.165) is 16.3 Å². The Kier molecular flexibility index (Phi) is 4.95. The molecule has 5 heteroatoms. The van der Waals surface area contributed by atoms with Gasteiger partial charge < -0.3 is 4.74 Å². The molecule has 0 atom stereocenters. The summed E-state index contributed by atoms with van der Waals surface area (Å²) >= 11 is 0. The van der Waals surface area contributed by atoms with Gasteiger partial charge in [-0.25, -0.2) is 0 Å². The molecule has 0 saturated heterocycles. The van der Waals surface area contributed by atoms with Crippen molar-refractivity contribution in [3.63, 3.8) is 0 Å². The van der Waals surface area contributed by atoms with Gasteiger partial charge in [-0.05, 0) is 41.5 Å². The molecule has 3 aromatic carbocycles. The van der Waals surface area contributed by atoms with Crippen LogP contribution in [0.5, 0.6) is 5.75 Å². The van der Waals surface area contributed by atoms with E-state index in [9.17, 15) is 9.59 Å². The van der Waals surface area contributed by atoms with Crippen LogP contribution in [-0.2, 0) is 4.79 Å². The van der Waals surface area contributed by atoms with Crippen molar-refractivity contribution in [2.45, 2.75) is 6.92 Å². The van der Waals surface area contributed by atoms with Gasteiger partial charge in [-0.2, -0.15) is 0 Å². The minimum absolute atomic E-state index is 0.178. The highest BCUT2D eigenvalue weighted by molar-refractivity contribution is 5.99. The van der Waals surface area contributed by atoms with Gasteiger partial charge in [0, 0.05) is 5.56 Å². The van der Waals surface area contributed by atoms with Gasteiger partial charge in [-0.1, -0.05) is 48.5 Å². The normalized spacial score (nSPS) is 10.3. The molecular weight excluding hydrogens is 316 g/mol. The molecule has 0 saturated carbocycles. The van der Waals surface area contributed by atoms with Crippen LogP contribution in [0.3, 0.4) is 0 Å². The molecule has 0 aliphatic rings. The van der Waals surface area contributed by atoms with Crippen molar-refractivity contribution in [1.29, 1.82) is 0 Å². The van der Waals surface area contributed by atoms with E-state index in [1.807, 2.05) is 55.5 Å². The third-order valence-electron chi connectivity index (χ3n) is 3.78. The lowest BCUT2D eigenvalue weighted by Gasteiger charge is -2.10. The largest absolute Gasteiger partial charge is 0.483 e. The molecule has 0 spiro atoms. The van der Waals surface area contributed by atoms with Crippen molar-refractivity contribution >= 4 is 22.6 Å². The maximum absolute atomic E-state index is 12.2. The van der Waals surface area contributed by atoms with Crippen LogP contribution in [0.15, 0.2) is 66.7 Å². The molecule has 0 fully saturated rings. The predicted octanol–water partition coefficient (Wildman–Crippen LogP) is 2.99. The first-order valence-electron chi connectivity index (χ1n) is 7.90. The number of nitrogens with one attached hydrogen (secondary N) is 2. The lowest BCUT2D eigenvalue weighted by Crippen LogP contribution is -2.43. The van der Waals surface area contributed by atoms with Crippen molar-refractivity contribution in [2.75, 3.05) is 6.61 Å². The molecule has 2 amide bonds. The van der Waals surface area contributed by atoms with Crippen LogP contribution < -0.4 is 15.6 Å². The molecule has 3 rings (SSSR count). The summed E-state index contributed by atoms with van der Waals surface area (Å²) in [6.07, 6.45) is 0. The van der Waals surface area contributed by atoms with Gasteiger partial charge in [-0.3, -0.25) is 20.4 Å². The highest BCUT2D eigenvalue weighted by Gasteiger charge is 2.09. The Morgan fingerprint density at radius 1 is 0.880 bits per heavy atom. The summed E-state index contributed by atoms with van der Waals surface area (Å²) in [5, 5.41) is 2.01. The van der Waals surface area contributed by atoms with E-state index in [-0.39, 0.29) is 12.5 Å². The SMILES string of the molecule is Cc1ccccc1OCC(=O)NNC(=O)c1ccc2ccccc2c1. The number of para-hydroxylation sites is 1. The molecule has 0 radical (unpaired) electrons. The van der Waals surface area contributed by atoms with Crippen LogP contribution in [0, 0.1) is 6.92 Å². The van der Waals surface area contributed by atoms with Crippen molar-refractivity contribution in [3.8, 4) is 5.75 Å². The Hall–Kier alpha value is -3.34. The summed E-state index contributed by atoms with van der Waals surface area (Å²) < 4.78 is 5.43. The van der Waals surface area contributed by atoms with Crippen molar-refractivity contribution in [1.82, 2.24) is 10.9 Å². The number of hydrazine groups is 1. The topological polar surface area (TPSA) is 67.4 Å². The fourth-order valence-electron chi connectivity index (χ4n) is 2.43. The molecule has 0 aromatic heterocycles. The van der Waals surface area contributed by atoms with E-state index in [0.29, 0.717) is 11.3 Å². The van der Waals surface area contributed by atoms with Gasteiger partial charge in [0.2, 0.25) is 0 Å². The van der Waals surface area contributed by atoms with Gasteiger partial charge in [0.25, 0.3) is 11.8 Å². The summed E-state index contributed by atoms with van der Waals surface area (Å²) in [5.74, 6) is -0.175. The van der Waals surface area contributed by atoms with E-state index < -0.39 is 5.91 Å². The Labute approximate surface area is 145 Å². The van der Waals surface area contributed by atoms with Crippen LogP contribution in [0.4, 0.5) is 0 Å². The van der Waals surface area contributed by atoms with Gasteiger partial charge in [-0.15, -0.1) is 0 Å².